The molecule has 0 fully saturated rings. The first kappa shape index (κ1) is 12.4. The molecule has 0 aromatic heterocycles. The van der Waals surface area contributed by atoms with E-state index in [0.29, 0.717) is 4.83 Å². The van der Waals surface area contributed by atoms with Gasteiger partial charge in [-0.2, -0.15) is 0 Å². The van der Waals surface area contributed by atoms with Crippen LogP contribution >= 0.6 is 15.9 Å². The highest BCUT2D eigenvalue weighted by atomic mass is 79.9. The second-order valence-corrected chi connectivity index (χ2v) is 5.83. The van der Waals surface area contributed by atoms with Gasteiger partial charge in [-0.25, -0.2) is 0 Å². The predicted molar refractivity (Wildman–Crippen MR) is 85.8 cm³/mol. The second-order valence-electron chi connectivity index (χ2n) is 4.72. The van der Waals surface area contributed by atoms with Crippen LogP contribution in [0.15, 0.2) is 72.8 Å². The molecule has 3 aromatic carbocycles. The van der Waals surface area contributed by atoms with E-state index in [4.69, 9.17) is 0 Å². The van der Waals surface area contributed by atoms with E-state index in [9.17, 15) is 0 Å². The molecule has 19 heavy (non-hydrogen) atoms. The molecular weight excluding hydrogens is 296 g/mol. The molecule has 0 heterocycles. The van der Waals surface area contributed by atoms with E-state index in [0.717, 1.165) is 6.42 Å². The van der Waals surface area contributed by atoms with Crippen molar-refractivity contribution >= 4 is 26.7 Å². The molecule has 0 aliphatic rings. The molecule has 94 valence electrons. The SMILES string of the molecule is BrC(Cc1cccc2ccccc12)c1ccccc1. The van der Waals surface area contributed by atoms with E-state index in [2.05, 4.69) is 88.7 Å². The number of hydrogen-bond donors (Lipinski definition) is 0. The topological polar surface area (TPSA) is 0 Å². The quantitative estimate of drug-likeness (QED) is 0.559. The molecule has 1 atom stereocenters. The molecule has 0 saturated heterocycles. The van der Waals surface area contributed by atoms with Gasteiger partial charge in [-0.15, -0.1) is 0 Å². The van der Waals surface area contributed by atoms with E-state index >= 15 is 0 Å². The summed E-state index contributed by atoms with van der Waals surface area (Å²) in [5.41, 5.74) is 2.72. The summed E-state index contributed by atoms with van der Waals surface area (Å²) in [5, 5.41) is 2.66. The fourth-order valence-corrected chi connectivity index (χ4v) is 3.10. The third-order valence-electron chi connectivity index (χ3n) is 3.44. The van der Waals surface area contributed by atoms with Crippen LogP contribution < -0.4 is 0 Å². The molecule has 0 nitrogen and oxygen atoms in total. The predicted octanol–water partition coefficient (Wildman–Crippen LogP) is 5.52. The zero-order valence-electron chi connectivity index (χ0n) is 10.6. The normalized spacial score (nSPS) is 12.5. The van der Waals surface area contributed by atoms with Crippen LogP contribution in [0.2, 0.25) is 0 Å². The lowest BCUT2D eigenvalue weighted by atomic mass is 9.98. The summed E-state index contributed by atoms with van der Waals surface area (Å²) >= 11 is 3.81. The molecule has 0 aliphatic carbocycles. The van der Waals surface area contributed by atoms with Crippen LogP contribution in [0.4, 0.5) is 0 Å². The first-order valence-electron chi connectivity index (χ1n) is 6.50. The Morgan fingerprint density at radius 1 is 0.737 bits per heavy atom. The number of rotatable bonds is 3. The zero-order chi connectivity index (χ0) is 13.1. The molecule has 1 heteroatoms. The maximum absolute atomic E-state index is 3.81. The van der Waals surface area contributed by atoms with Gasteiger partial charge in [0.25, 0.3) is 0 Å². The minimum absolute atomic E-state index is 0.361. The minimum atomic E-state index is 0.361. The first-order chi connectivity index (χ1) is 9.34. The van der Waals surface area contributed by atoms with Crippen molar-refractivity contribution in [3.05, 3.63) is 83.9 Å². The number of alkyl halides is 1. The molecule has 1 unspecified atom stereocenters. The number of halogens is 1. The maximum atomic E-state index is 3.81. The van der Waals surface area contributed by atoms with Gasteiger partial charge >= 0.3 is 0 Å². The summed E-state index contributed by atoms with van der Waals surface area (Å²) in [7, 11) is 0. The van der Waals surface area contributed by atoms with Crippen molar-refractivity contribution in [2.24, 2.45) is 0 Å². The van der Waals surface area contributed by atoms with Gasteiger partial charge in [0, 0.05) is 4.83 Å². The Labute approximate surface area is 122 Å². The number of benzene rings is 3. The lowest BCUT2D eigenvalue weighted by Gasteiger charge is -2.12. The summed E-state index contributed by atoms with van der Waals surface area (Å²) in [6.45, 7) is 0. The smallest absolute Gasteiger partial charge is 0.0435 e. The van der Waals surface area contributed by atoms with Gasteiger partial charge in [0.1, 0.15) is 0 Å². The Kier molecular flexibility index (Phi) is 3.65. The average molecular weight is 311 g/mol. The summed E-state index contributed by atoms with van der Waals surface area (Å²) in [5.74, 6) is 0. The van der Waals surface area contributed by atoms with Crippen molar-refractivity contribution in [3.63, 3.8) is 0 Å². The molecule has 0 amide bonds. The van der Waals surface area contributed by atoms with E-state index in [1.54, 1.807) is 0 Å². The van der Waals surface area contributed by atoms with Crippen LogP contribution in [-0.4, -0.2) is 0 Å². The highest BCUT2D eigenvalue weighted by Crippen LogP contribution is 2.29. The van der Waals surface area contributed by atoms with Crippen LogP contribution in [-0.2, 0) is 6.42 Å². The Hall–Kier alpha value is -1.60. The van der Waals surface area contributed by atoms with Gasteiger partial charge in [0.15, 0.2) is 0 Å². The monoisotopic (exact) mass is 310 g/mol. The van der Waals surface area contributed by atoms with Crippen molar-refractivity contribution in [2.75, 3.05) is 0 Å². The van der Waals surface area contributed by atoms with Gasteiger partial charge in [0.05, 0.1) is 0 Å². The zero-order valence-corrected chi connectivity index (χ0v) is 12.2. The molecule has 3 aromatic rings. The maximum Gasteiger partial charge on any atom is 0.0435 e. The highest BCUT2D eigenvalue weighted by molar-refractivity contribution is 9.09. The van der Waals surface area contributed by atoms with Crippen LogP contribution in [0.25, 0.3) is 10.8 Å². The van der Waals surface area contributed by atoms with Crippen molar-refractivity contribution in [1.82, 2.24) is 0 Å². The van der Waals surface area contributed by atoms with Gasteiger partial charge in [0.2, 0.25) is 0 Å². The van der Waals surface area contributed by atoms with Crippen molar-refractivity contribution in [3.8, 4) is 0 Å². The van der Waals surface area contributed by atoms with Gasteiger partial charge < -0.3 is 0 Å². The van der Waals surface area contributed by atoms with Crippen LogP contribution in [0.5, 0.6) is 0 Å². The van der Waals surface area contributed by atoms with E-state index in [-0.39, 0.29) is 0 Å². The molecule has 0 spiro atoms. The van der Waals surface area contributed by atoms with Crippen molar-refractivity contribution in [2.45, 2.75) is 11.2 Å². The molecule has 3 rings (SSSR count). The first-order valence-corrected chi connectivity index (χ1v) is 7.42. The third kappa shape index (κ3) is 2.71. The fourth-order valence-electron chi connectivity index (χ4n) is 2.44. The highest BCUT2D eigenvalue weighted by Gasteiger charge is 2.09. The van der Waals surface area contributed by atoms with Crippen LogP contribution in [0.3, 0.4) is 0 Å². The standard InChI is InChI=1S/C18H15Br/c19-18(15-8-2-1-3-9-15)13-16-11-6-10-14-7-4-5-12-17(14)16/h1-12,18H,13H2. The molecule has 0 N–H and O–H groups in total. The number of hydrogen-bond acceptors (Lipinski definition) is 0. The Morgan fingerprint density at radius 2 is 1.42 bits per heavy atom. The van der Waals surface area contributed by atoms with Crippen molar-refractivity contribution < 1.29 is 0 Å². The summed E-state index contributed by atoms with van der Waals surface area (Å²) < 4.78 is 0. The molecule has 0 aliphatic heterocycles. The fraction of sp³-hybridized carbons (Fsp3) is 0.111. The Balaban J connectivity index is 1.94. The lowest BCUT2D eigenvalue weighted by molar-refractivity contribution is 0.957. The van der Waals surface area contributed by atoms with E-state index < -0.39 is 0 Å². The third-order valence-corrected chi connectivity index (χ3v) is 4.29. The van der Waals surface area contributed by atoms with Crippen LogP contribution in [0.1, 0.15) is 16.0 Å². The molecule has 0 bridgehead atoms. The van der Waals surface area contributed by atoms with Gasteiger partial charge in [-0.05, 0) is 28.3 Å². The Morgan fingerprint density at radius 3 is 2.26 bits per heavy atom. The van der Waals surface area contributed by atoms with E-state index in [1.807, 2.05) is 0 Å². The summed E-state index contributed by atoms with van der Waals surface area (Å²) in [6, 6.07) is 25.7. The largest absolute Gasteiger partial charge is 0.0835 e. The lowest BCUT2D eigenvalue weighted by Crippen LogP contribution is -1.96. The summed E-state index contributed by atoms with van der Waals surface area (Å²) in [6.07, 6.45) is 1.01. The summed E-state index contributed by atoms with van der Waals surface area (Å²) in [4.78, 5) is 0.361. The second kappa shape index (κ2) is 5.58. The van der Waals surface area contributed by atoms with Crippen molar-refractivity contribution in [1.29, 1.82) is 0 Å². The molecular formula is C18H15Br. The average Bonchev–Trinajstić information content (AvgIpc) is 2.48. The van der Waals surface area contributed by atoms with Crippen LogP contribution in [0, 0.1) is 0 Å². The minimum Gasteiger partial charge on any atom is -0.0835 e. The van der Waals surface area contributed by atoms with Gasteiger partial charge in [-0.1, -0.05) is 88.7 Å². The molecule has 0 radical (unpaired) electrons. The molecule has 0 saturated carbocycles. The van der Waals surface area contributed by atoms with Gasteiger partial charge in [-0.3, -0.25) is 0 Å². The number of fused-ring (bicyclic) bond motifs is 1. The van der Waals surface area contributed by atoms with E-state index in [1.165, 1.54) is 21.9 Å². The Bertz CT molecular complexity index is 668.